The molecule has 0 saturated heterocycles. The second kappa shape index (κ2) is 10.1. The summed E-state index contributed by atoms with van der Waals surface area (Å²) in [7, 11) is 0. The third kappa shape index (κ3) is 6.27. The summed E-state index contributed by atoms with van der Waals surface area (Å²) in [4.78, 5) is 4.67. The summed E-state index contributed by atoms with van der Waals surface area (Å²) in [6.45, 7) is 11.3. The van der Waals surface area contributed by atoms with Crippen LogP contribution < -0.4 is 10.6 Å². The van der Waals surface area contributed by atoms with Crippen LogP contribution in [0.5, 0.6) is 0 Å². The highest BCUT2D eigenvalue weighted by Gasteiger charge is 2.16. The van der Waals surface area contributed by atoms with Crippen LogP contribution in [0.3, 0.4) is 0 Å². The number of nitrogens with one attached hydrogen (secondary N) is 2. The molecule has 6 nitrogen and oxygen atoms in total. The van der Waals surface area contributed by atoms with Crippen LogP contribution >= 0.6 is 24.0 Å². The van der Waals surface area contributed by atoms with Crippen molar-refractivity contribution in [1.82, 2.24) is 25.4 Å². The van der Waals surface area contributed by atoms with Gasteiger partial charge in [0.1, 0.15) is 12.4 Å². The Morgan fingerprint density at radius 2 is 2.04 bits per heavy atom. The first-order valence-corrected chi connectivity index (χ1v) is 8.56. The van der Waals surface area contributed by atoms with E-state index in [1.165, 1.54) is 12.8 Å². The van der Waals surface area contributed by atoms with Gasteiger partial charge in [-0.2, -0.15) is 0 Å². The van der Waals surface area contributed by atoms with Crippen molar-refractivity contribution in [2.75, 3.05) is 6.54 Å². The summed E-state index contributed by atoms with van der Waals surface area (Å²) < 4.78 is 2.20. The lowest BCUT2D eigenvalue weighted by Crippen LogP contribution is -2.42. The van der Waals surface area contributed by atoms with Crippen LogP contribution in [0.1, 0.15) is 58.6 Å². The lowest BCUT2D eigenvalue weighted by molar-refractivity contribution is 0.489. The third-order valence-corrected chi connectivity index (χ3v) is 3.97. The molecule has 23 heavy (non-hydrogen) atoms. The monoisotopic (exact) mass is 434 g/mol. The van der Waals surface area contributed by atoms with E-state index in [4.69, 9.17) is 0 Å². The summed E-state index contributed by atoms with van der Waals surface area (Å²) in [5.41, 5.74) is 0. The molecule has 0 spiro atoms. The van der Waals surface area contributed by atoms with E-state index in [0.29, 0.717) is 12.6 Å². The molecular formula is C16H31IN6. The Morgan fingerprint density at radius 3 is 2.74 bits per heavy atom. The molecule has 1 aliphatic rings. The summed E-state index contributed by atoms with van der Waals surface area (Å²) in [5, 5.41) is 15.3. The molecule has 0 fully saturated rings. The van der Waals surface area contributed by atoms with Crippen molar-refractivity contribution in [2.45, 2.75) is 72.5 Å². The van der Waals surface area contributed by atoms with Gasteiger partial charge in [-0.1, -0.05) is 13.8 Å². The van der Waals surface area contributed by atoms with Crippen molar-refractivity contribution >= 4 is 29.9 Å². The van der Waals surface area contributed by atoms with Gasteiger partial charge in [0, 0.05) is 25.6 Å². The number of hydrogen-bond donors (Lipinski definition) is 2. The van der Waals surface area contributed by atoms with Crippen molar-refractivity contribution in [3.8, 4) is 0 Å². The molecule has 1 atom stereocenters. The average Bonchev–Trinajstić information content (AvgIpc) is 3.06. The van der Waals surface area contributed by atoms with Gasteiger partial charge in [-0.15, -0.1) is 34.2 Å². The number of aliphatic imine (C=N–C) groups is 1. The van der Waals surface area contributed by atoms with Gasteiger partial charge in [0.2, 0.25) is 0 Å². The van der Waals surface area contributed by atoms with E-state index in [-0.39, 0.29) is 24.0 Å². The van der Waals surface area contributed by atoms with Gasteiger partial charge in [-0.05, 0) is 39.0 Å². The highest BCUT2D eigenvalue weighted by molar-refractivity contribution is 14.0. The molecule has 0 bridgehead atoms. The van der Waals surface area contributed by atoms with Crippen LogP contribution in [0.2, 0.25) is 0 Å². The van der Waals surface area contributed by atoms with E-state index in [1.54, 1.807) is 0 Å². The molecule has 7 heteroatoms. The normalized spacial score (nSPS) is 15.3. The first-order valence-electron chi connectivity index (χ1n) is 8.56. The van der Waals surface area contributed by atoms with Crippen molar-refractivity contribution in [3.63, 3.8) is 0 Å². The molecule has 0 radical (unpaired) electrons. The SMILES string of the molecule is CCNC(=NCc1nnc2n1CCC2)NC(C)CCC(C)C.I. The fourth-order valence-electron chi connectivity index (χ4n) is 2.69. The predicted octanol–water partition coefficient (Wildman–Crippen LogP) is 2.72. The van der Waals surface area contributed by atoms with Crippen molar-refractivity contribution in [2.24, 2.45) is 10.9 Å². The highest BCUT2D eigenvalue weighted by atomic mass is 127. The zero-order valence-corrected chi connectivity index (χ0v) is 17.1. The highest BCUT2D eigenvalue weighted by Crippen LogP contribution is 2.14. The number of aromatic nitrogens is 3. The van der Waals surface area contributed by atoms with Gasteiger partial charge < -0.3 is 15.2 Å². The van der Waals surface area contributed by atoms with Gasteiger partial charge in [-0.25, -0.2) is 4.99 Å². The van der Waals surface area contributed by atoms with Crippen LogP contribution in [0.25, 0.3) is 0 Å². The molecule has 0 aliphatic carbocycles. The average molecular weight is 434 g/mol. The quantitative estimate of drug-likeness (QED) is 0.394. The largest absolute Gasteiger partial charge is 0.357 e. The Balaban J connectivity index is 0.00000264. The number of nitrogens with zero attached hydrogens (tertiary/aromatic N) is 4. The predicted molar refractivity (Wildman–Crippen MR) is 105 cm³/mol. The topological polar surface area (TPSA) is 67.1 Å². The second-order valence-corrected chi connectivity index (χ2v) is 6.50. The number of fused-ring (bicyclic) bond motifs is 1. The molecule has 132 valence electrons. The minimum atomic E-state index is 0. The molecular weight excluding hydrogens is 403 g/mol. The van der Waals surface area contributed by atoms with E-state index >= 15 is 0 Å². The summed E-state index contributed by atoms with van der Waals surface area (Å²) in [6.07, 6.45) is 4.60. The zero-order valence-electron chi connectivity index (χ0n) is 14.8. The smallest absolute Gasteiger partial charge is 0.191 e. The molecule has 2 N–H and O–H groups in total. The maximum atomic E-state index is 4.67. The van der Waals surface area contributed by atoms with Gasteiger partial charge in [0.15, 0.2) is 11.8 Å². The van der Waals surface area contributed by atoms with Crippen LogP contribution in [-0.4, -0.2) is 33.3 Å². The number of rotatable bonds is 7. The maximum absolute atomic E-state index is 4.67. The molecule has 1 aromatic rings. The number of guanidine groups is 1. The molecule has 0 saturated carbocycles. The first-order chi connectivity index (χ1) is 10.6. The Kier molecular flexibility index (Phi) is 8.86. The molecule has 1 aliphatic heterocycles. The number of halogens is 1. The maximum Gasteiger partial charge on any atom is 0.191 e. The number of aryl methyl sites for hydroxylation is 1. The Labute approximate surface area is 157 Å². The Morgan fingerprint density at radius 1 is 1.26 bits per heavy atom. The number of hydrogen-bond acceptors (Lipinski definition) is 3. The molecule has 0 amide bonds. The first kappa shape index (κ1) is 20.2. The van der Waals surface area contributed by atoms with Crippen LogP contribution in [-0.2, 0) is 19.5 Å². The molecule has 0 aromatic carbocycles. The standard InChI is InChI=1S/C16H30N6.HI/c1-5-17-16(19-13(4)9-8-12(2)3)18-11-15-21-20-14-7-6-10-22(14)15;/h12-13H,5-11H2,1-4H3,(H2,17,18,19);1H. The lowest BCUT2D eigenvalue weighted by Gasteiger charge is -2.18. The molecule has 2 heterocycles. The van der Waals surface area contributed by atoms with Crippen LogP contribution in [0.4, 0.5) is 0 Å². The fourth-order valence-corrected chi connectivity index (χ4v) is 2.69. The van der Waals surface area contributed by atoms with Gasteiger partial charge in [-0.3, -0.25) is 0 Å². The van der Waals surface area contributed by atoms with Crippen molar-refractivity contribution in [3.05, 3.63) is 11.6 Å². The van der Waals surface area contributed by atoms with Gasteiger partial charge in [0.05, 0.1) is 0 Å². The van der Waals surface area contributed by atoms with Crippen molar-refractivity contribution < 1.29 is 0 Å². The van der Waals surface area contributed by atoms with E-state index in [1.807, 2.05) is 0 Å². The van der Waals surface area contributed by atoms with E-state index in [2.05, 4.69) is 58.1 Å². The third-order valence-electron chi connectivity index (χ3n) is 3.97. The Bertz CT molecular complexity index is 497. The van der Waals surface area contributed by atoms with Crippen molar-refractivity contribution in [1.29, 1.82) is 0 Å². The summed E-state index contributed by atoms with van der Waals surface area (Å²) in [6, 6.07) is 0.421. The fraction of sp³-hybridized carbons (Fsp3) is 0.812. The van der Waals surface area contributed by atoms with Crippen LogP contribution in [0.15, 0.2) is 4.99 Å². The molecule has 1 unspecified atom stereocenters. The van der Waals surface area contributed by atoms with Crippen LogP contribution in [0, 0.1) is 5.92 Å². The summed E-state index contributed by atoms with van der Waals surface area (Å²) in [5.74, 6) is 3.68. The molecule has 2 rings (SSSR count). The van der Waals surface area contributed by atoms with E-state index in [9.17, 15) is 0 Å². The summed E-state index contributed by atoms with van der Waals surface area (Å²) >= 11 is 0. The second-order valence-electron chi connectivity index (χ2n) is 6.50. The van der Waals surface area contributed by atoms with E-state index < -0.39 is 0 Å². The minimum Gasteiger partial charge on any atom is -0.357 e. The molecule has 1 aromatic heterocycles. The van der Waals surface area contributed by atoms with Gasteiger partial charge >= 0.3 is 0 Å². The van der Waals surface area contributed by atoms with Gasteiger partial charge in [0.25, 0.3) is 0 Å². The zero-order chi connectivity index (χ0) is 15.9. The Hall–Kier alpha value is -0.860. The minimum absolute atomic E-state index is 0. The van der Waals surface area contributed by atoms with E-state index in [0.717, 1.165) is 49.5 Å². The lowest BCUT2D eigenvalue weighted by atomic mass is 10.0.